The summed E-state index contributed by atoms with van der Waals surface area (Å²) >= 11 is 0. The van der Waals surface area contributed by atoms with Gasteiger partial charge in [0.05, 0.1) is 18.1 Å². The number of hydrogen-bond acceptors (Lipinski definition) is 12. The SMILES string of the molecule is C=CCO[C@H]1CC[C@]2(C)[C@H]3CC=C4[C@@H]5CC(C)(C)CC[C@]5(C(=O)OC5O[C@H](COC(C)=O)[C@@H](OC(C)=O)[C@H](OC(C)=O)[C@H]5OC(C)=O)CC[C@@]4(C)[C@]3(C)CC[C@H]2C1(C)C. The first-order chi connectivity index (χ1) is 27.5. The number of hydrogen-bond donors (Lipinski definition) is 0. The summed E-state index contributed by atoms with van der Waals surface area (Å²) in [4.78, 5) is 64.5. The van der Waals surface area contributed by atoms with E-state index in [0.717, 1.165) is 51.4 Å². The van der Waals surface area contributed by atoms with Crippen LogP contribution in [0.2, 0.25) is 0 Å². The summed E-state index contributed by atoms with van der Waals surface area (Å²) in [6, 6.07) is 0. The lowest BCUT2D eigenvalue weighted by Crippen LogP contribution is -2.66. The molecule has 13 atom stereocenters. The van der Waals surface area contributed by atoms with Crippen LogP contribution < -0.4 is 0 Å². The lowest BCUT2D eigenvalue weighted by Gasteiger charge is -2.71. The van der Waals surface area contributed by atoms with Crippen molar-refractivity contribution in [1.29, 1.82) is 0 Å². The number of esters is 5. The zero-order chi connectivity index (χ0) is 43.5. The molecule has 6 rings (SSSR count). The first-order valence-electron chi connectivity index (χ1n) is 21.9. The van der Waals surface area contributed by atoms with Crippen LogP contribution in [0.4, 0.5) is 0 Å². The Morgan fingerprint density at radius 1 is 0.746 bits per heavy atom. The van der Waals surface area contributed by atoms with E-state index in [4.69, 9.17) is 33.2 Å². The Kier molecular flexibility index (Phi) is 12.4. The summed E-state index contributed by atoms with van der Waals surface area (Å²) < 4.78 is 41.3. The minimum Gasteiger partial charge on any atom is -0.463 e. The molecule has 5 fully saturated rings. The van der Waals surface area contributed by atoms with Crippen LogP contribution in [0.15, 0.2) is 24.3 Å². The molecule has 0 bridgehead atoms. The number of rotatable bonds is 10. The average Bonchev–Trinajstić information content (AvgIpc) is 3.12. The maximum absolute atomic E-state index is 15.2. The summed E-state index contributed by atoms with van der Waals surface area (Å²) in [5.74, 6) is -2.45. The summed E-state index contributed by atoms with van der Waals surface area (Å²) in [5, 5.41) is 0. The Hall–Kier alpha value is -3.25. The molecule has 0 radical (unpaired) electrons. The molecule has 1 unspecified atom stereocenters. The Morgan fingerprint density at radius 2 is 1.37 bits per heavy atom. The molecular formula is C47H70O12. The van der Waals surface area contributed by atoms with E-state index in [-0.39, 0.29) is 39.1 Å². The number of carbonyl (C=O) groups excluding carboxylic acids is 5. The molecule has 4 saturated carbocycles. The molecule has 0 spiro atoms. The average molecular weight is 827 g/mol. The van der Waals surface area contributed by atoms with E-state index in [1.807, 2.05) is 6.08 Å². The maximum Gasteiger partial charge on any atom is 0.315 e. The molecule has 12 heteroatoms. The van der Waals surface area contributed by atoms with E-state index in [9.17, 15) is 19.2 Å². The molecule has 330 valence electrons. The van der Waals surface area contributed by atoms with Crippen molar-refractivity contribution in [3.05, 3.63) is 24.3 Å². The van der Waals surface area contributed by atoms with Crippen molar-refractivity contribution < 1.29 is 57.1 Å². The largest absolute Gasteiger partial charge is 0.463 e. The van der Waals surface area contributed by atoms with Crippen LogP contribution in [0, 0.1) is 50.2 Å². The highest BCUT2D eigenvalue weighted by atomic mass is 16.7. The van der Waals surface area contributed by atoms with Gasteiger partial charge in [0.2, 0.25) is 12.4 Å². The van der Waals surface area contributed by atoms with Gasteiger partial charge in [0.25, 0.3) is 0 Å². The smallest absolute Gasteiger partial charge is 0.315 e. The van der Waals surface area contributed by atoms with Gasteiger partial charge in [-0.25, -0.2) is 0 Å². The molecule has 0 aromatic heterocycles. The molecule has 1 aliphatic heterocycles. The lowest BCUT2D eigenvalue weighted by molar-refractivity contribution is -0.304. The van der Waals surface area contributed by atoms with Crippen molar-refractivity contribution in [2.75, 3.05) is 13.2 Å². The quantitative estimate of drug-likeness (QED) is 0.119. The molecule has 1 heterocycles. The summed E-state index contributed by atoms with van der Waals surface area (Å²) in [7, 11) is 0. The summed E-state index contributed by atoms with van der Waals surface area (Å²) in [6.07, 6.45) is 6.48. The Morgan fingerprint density at radius 3 is 2.00 bits per heavy atom. The number of allylic oxidation sites excluding steroid dienone is 2. The number of carbonyl (C=O) groups is 5. The van der Waals surface area contributed by atoms with E-state index in [1.165, 1.54) is 33.3 Å². The Balaban J connectivity index is 1.36. The third-order valence-electron chi connectivity index (χ3n) is 16.6. The normalized spacial score (nSPS) is 41.8. The van der Waals surface area contributed by atoms with Crippen molar-refractivity contribution in [3.8, 4) is 0 Å². The summed E-state index contributed by atoms with van der Waals surface area (Å²) in [6.45, 7) is 25.7. The maximum atomic E-state index is 15.2. The minimum atomic E-state index is -1.56. The zero-order valence-electron chi connectivity index (χ0n) is 37.4. The standard InChI is InChI=1S/C47H70O12/c1-13-24-53-36-17-18-44(10)34(43(36,8)9)16-19-46(12)35(44)15-14-31-32-25-42(6,7)20-22-47(32,23-21-45(31,46)11)41(52)59-40-39(57-30(5)51)38(56-29(4)50)37(55-28(3)49)33(58-40)26-54-27(2)48/h13-14,32-40H,1,15-26H2,2-12H3/t32-,33+,34-,35+,36-,37+,38-,39+,40?,44-,45+,46+,47-/m0/s1. The molecule has 1 saturated heterocycles. The molecule has 59 heavy (non-hydrogen) atoms. The molecule has 0 aromatic carbocycles. The van der Waals surface area contributed by atoms with Crippen molar-refractivity contribution >= 4 is 29.8 Å². The van der Waals surface area contributed by atoms with Crippen LogP contribution in [-0.2, 0) is 57.1 Å². The molecule has 0 aromatic rings. The third kappa shape index (κ3) is 7.91. The molecule has 0 N–H and O–H groups in total. The van der Waals surface area contributed by atoms with Gasteiger partial charge in [0.1, 0.15) is 12.7 Å². The number of ether oxygens (including phenoxy) is 7. The highest BCUT2D eigenvalue weighted by molar-refractivity contribution is 5.79. The van der Waals surface area contributed by atoms with Crippen LogP contribution in [0.1, 0.15) is 140 Å². The predicted octanol–water partition coefficient (Wildman–Crippen LogP) is 7.99. The fraction of sp³-hybridized carbons (Fsp3) is 0.809. The Bertz CT molecular complexity index is 1710. The fourth-order valence-corrected chi connectivity index (χ4v) is 13.6. The third-order valence-corrected chi connectivity index (χ3v) is 16.6. The van der Waals surface area contributed by atoms with Gasteiger partial charge in [-0.2, -0.15) is 0 Å². The van der Waals surface area contributed by atoms with Gasteiger partial charge in [-0.05, 0) is 109 Å². The van der Waals surface area contributed by atoms with E-state index in [2.05, 4.69) is 61.1 Å². The first-order valence-corrected chi connectivity index (χ1v) is 21.9. The van der Waals surface area contributed by atoms with Crippen LogP contribution in [0.3, 0.4) is 0 Å². The zero-order valence-corrected chi connectivity index (χ0v) is 37.4. The van der Waals surface area contributed by atoms with Crippen molar-refractivity contribution in [2.24, 2.45) is 50.2 Å². The summed E-state index contributed by atoms with van der Waals surface area (Å²) in [5.41, 5.74) is 0.438. The highest BCUT2D eigenvalue weighted by Gasteiger charge is 2.70. The van der Waals surface area contributed by atoms with Gasteiger partial charge < -0.3 is 33.2 Å². The molecule has 12 nitrogen and oxygen atoms in total. The lowest BCUT2D eigenvalue weighted by atomic mass is 9.33. The van der Waals surface area contributed by atoms with Crippen LogP contribution in [0.25, 0.3) is 0 Å². The van der Waals surface area contributed by atoms with Crippen LogP contribution in [-0.4, -0.2) is 79.9 Å². The molecular weight excluding hydrogens is 757 g/mol. The number of fused-ring (bicyclic) bond motifs is 7. The van der Waals surface area contributed by atoms with Crippen LogP contribution >= 0.6 is 0 Å². The van der Waals surface area contributed by atoms with Crippen molar-refractivity contribution in [2.45, 2.75) is 177 Å². The Labute approximate surface area is 351 Å². The van der Waals surface area contributed by atoms with Crippen molar-refractivity contribution in [3.63, 3.8) is 0 Å². The topological polar surface area (TPSA) is 150 Å². The predicted molar refractivity (Wildman–Crippen MR) is 217 cm³/mol. The van der Waals surface area contributed by atoms with Gasteiger partial charge in [0.15, 0.2) is 12.2 Å². The minimum absolute atomic E-state index is 0.00465. The van der Waals surface area contributed by atoms with Gasteiger partial charge in [0, 0.05) is 27.7 Å². The van der Waals surface area contributed by atoms with Gasteiger partial charge in [-0.15, -0.1) is 6.58 Å². The van der Waals surface area contributed by atoms with Crippen LogP contribution in [0.5, 0.6) is 0 Å². The van der Waals surface area contributed by atoms with E-state index in [1.54, 1.807) is 0 Å². The van der Waals surface area contributed by atoms with E-state index in [0.29, 0.717) is 31.3 Å². The second kappa shape index (κ2) is 16.2. The molecule has 6 aliphatic rings. The fourth-order valence-electron chi connectivity index (χ4n) is 13.6. The second-order valence-corrected chi connectivity index (χ2v) is 20.8. The monoisotopic (exact) mass is 826 g/mol. The molecule has 0 amide bonds. The molecule has 5 aliphatic carbocycles. The first kappa shape index (κ1) is 45.3. The van der Waals surface area contributed by atoms with E-state index < -0.39 is 72.6 Å². The van der Waals surface area contributed by atoms with Gasteiger partial charge in [-0.1, -0.05) is 66.2 Å². The van der Waals surface area contributed by atoms with E-state index >= 15 is 4.79 Å². The highest BCUT2D eigenvalue weighted by Crippen LogP contribution is 2.76. The van der Waals surface area contributed by atoms with Gasteiger partial charge in [-0.3, -0.25) is 24.0 Å². The van der Waals surface area contributed by atoms with Gasteiger partial charge >= 0.3 is 29.8 Å². The van der Waals surface area contributed by atoms with Crippen molar-refractivity contribution in [1.82, 2.24) is 0 Å². The second-order valence-electron chi connectivity index (χ2n) is 20.8.